The van der Waals surface area contributed by atoms with Crippen LogP contribution in [0.1, 0.15) is 24.3 Å². The van der Waals surface area contributed by atoms with Crippen molar-refractivity contribution in [1.82, 2.24) is 5.32 Å². The summed E-state index contributed by atoms with van der Waals surface area (Å²) in [5.74, 6) is 1.84. The lowest BCUT2D eigenvalue weighted by Gasteiger charge is -2.12. The molecule has 0 saturated heterocycles. The van der Waals surface area contributed by atoms with Gasteiger partial charge in [-0.1, -0.05) is 58.4 Å². The van der Waals surface area contributed by atoms with Gasteiger partial charge in [0.2, 0.25) is 0 Å². The number of hydrogen-bond donors (Lipinski definition) is 1. The normalized spacial score (nSPS) is 12.3. The highest BCUT2D eigenvalue weighted by Crippen LogP contribution is 2.24. The molecule has 0 saturated carbocycles. The average molecular weight is 356 g/mol. The molecule has 2 nitrogen and oxygen atoms in total. The zero-order valence-electron chi connectivity index (χ0n) is 12.4. The van der Waals surface area contributed by atoms with Gasteiger partial charge in [-0.3, -0.25) is 0 Å². The fraction of sp³-hybridized carbons (Fsp3) is 0.158. The standard InChI is InChI=1S/C19H18BrNO/c1-14(15-5-3-2-4-6-15)21-13-18-11-12-19(22-18)16-7-9-17(20)10-8-16/h2-12,14,21H,13H2,1H3/t14-/m1/s1. The molecule has 0 bridgehead atoms. The minimum absolute atomic E-state index is 0.294. The van der Waals surface area contributed by atoms with Crippen LogP contribution in [0.3, 0.4) is 0 Å². The summed E-state index contributed by atoms with van der Waals surface area (Å²) >= 11 is 3.45. The number of halogens is 1. The van der Waals surface area contributed by atoms with E-state index in [4.69, 9.17) is 4.42 Å². The molecule has 2 aromatic carbocycles. The highest BCUT2D eigenvalue weighted by Gasteiger charge is 2.07. The number of hydrogen-bond acceptors (Lipinski definition) is 2. The summed E-state index contributed by atoms with van der Waals surface area (Å²) in [5, 5.41) is 3.49. The molecule has 1 aromatic heterocycles. The van der Waals surface area contributed by atoms with Gasteiger partial charge < -0.3 is 9.73 Å². The molecule has 3 heteroatoms. The fourth-order valence-electron chi connectivity index (χ4n) is 2.36. The maximum atomic E-state index is 5.92. The first kappa shape index (κ1) is 15.1. The molecule has 0 aliphatic rings. The van der Waals surface area contributed by atoms with Crippen molar-refractivity contribution in [3.63, 3.8) is 0 Å². The van der Waals surface area contributed by atoms with Crippen LogP contribution in [0, 0.1) is 0 Å². The molecule has 112 valence electrons. The lowest BCUT2D eigenvalue weighted by atomic mass is 10.1. The van der Waals surface area contributed by atoms with Crippen molar-refractivity contribution >= 4 is 15.9 Å². The Morgan fingerprint density at radius 1 is 0.955 bits per heavy atom. The van der Waals surface area contributed by atoms with Crippen LogP contribution < -0.4 is 5.32 Å². The van der Waals surface area contributed by atoms with Crippen molar-refractivity contribution in [3.05, 3.63) is 82.5 Å². The van der Waals surface area contributed by atoms with Crippen LogP contribution in [-0.2, 0) is 6.54 Å². The predicted octanol–water partition coefficient (Wildman–Crippen LogP) is 5.56. The first-order valence-corrected chi connectivity index (χ1v) is 8.14. The first-order valence-electron chi connectivity index (χ1n) is 7.35. The molecule has 22 heavy (non-hydrogen) atoms. The zero-order valence-corrected chi connectivity index (χ0v) is 14.0. The molecular formula is C19H18BrNO. The number of benzene rings is 2. The van der Waals surface area contributed by atoms with E-state index < -0.39 is 0 Å². The second-order valence-electron chi connectivity index (χ2n) is 5.29. The van der Waals surface area contributed by atoms with E-state index in [-0.39, 0.29) is 0 Å². The van der Waals surface area contributed by atoms with Crippen LogP contribution >= 0.6 is 15.9 Å². The van der Waals surface area contributed by atoms with Crippen molar-refractivity contribution in [2.75, 3.05) is 0 Å². The van der Waals surface area contributed by atoms with E-state index in [1.807, 2.05) is 42.5 Å². The summed E-state index contributed by atoms with van der Waals surface area (Å²) < 4.78 is 6.99. The Morgan fingerprint density at radius 3 is 2.41 bits per heavy atom. The molecule has 1 heterocycles. The topological polar surface area (TPSA) is 25.2 Å². The molecule has 3 rings (SSSR count). The largest absolute Gasteiger partial charge is 0.460 e. The van der Waals surface area contributed by atoms with E-state index in [1.165, 1.54) is 5.56 Å². The maximum Gasteiger partial charge on any atom is 0.134 e. The minimum atomic E-state index is 0.294. The molecule has 3 aromatic rings. The third kappa shape index (κ3) is 3.67. The highest BCUT2D eigenvalue weighted by atomic mass is 79.9. The van der Waals surface area contributed by atoms with Crippen molar-refractivity contribution in [2.45, 2.75) is 19.5 Å². The summed E-state index contributed by atoms with van der Waals surface area (Å²) in [6.45, 7) is 2.88. The lowest BCUT2D eigenvalue weighted by Crippen LogP contribution is -2.17. The average Bonchev–Trinajstić information content (AvgIpc) is 3.03. The number of rotatable bonds is 5. The van der Waals surface area contributed by atoms with E-state index in [0.29, 0.717) is 12.6 Å². The van der Waals surface area contributed by atoms with Gasteiger partial charge in [-0.25, -0.2) is 0 Å². The Morgan fingerprint density at radius 2 is 1.68 bits per heavy atom. The summed E-state index contributed by atoms with van der Waals surface area (Å²) in [6.07, 6.45) is 0. The zero-order chi connectivity index (χ0) is 15.4. The third-order valence-electron chi connectivity index (χ3n) is 3.67. The predicted molar refractivity (Wildman–Crippen MR) is 93.5 cm³/mol. The summed E-state index contributed by atoms with van der Waals surface area (Å²) in [6, 6.07) is 22.9. The van der Waals surface area contributed by atoms with Crippen molar-refractivity contribution in [1.29, 1.82) is 0 Å². The molecule has 0 radical (unpaired) electrons. The Labute approximate surface area is 139 Å². The second-order valence-corrected chi connectivity index (χ2v) is 6.20. The van der Waals surface area contributed by atoms with Crippen molar-refractivity contribution < 1.29 is 4.42 Å². The molecule has 0 amide bonds. The molecular weight excluding hydrogens is 338 g/mol. The van der Waals surface area contributed by atoms with Gasteiger partial charge in [0.25, 0.3) is 0 Å². The highest BCUT2D eigenvalue weighted by molar-refractivity contribution is 9.10. The Bertz CT molecular complexity index is 719. The van der Waals surface area contributed by atoms with E-state index in [1.54, 1.807) is 0 Å². The smallest absolute Gasteiger partial charge is 0.134 e. The molecule has 0 aliphatic heterocycles. The molecule has 0 unspecified atom stereocenters. The van der Waals surface area contributed by atoms with Crippen LogP contribution in [0.4, 0.5) is 0 Å². The van der Waals surface area contributed by atoms with Crippen LogP contribution in [0.25, 0.3) is 11.3 Å². The molecule has 1 atom stereocenters. The third-order valence-corrected chi connectivity index (χ3v) is 4.20. The SMILES string of the molecule is C[C@@H](NCc1ccc(-c2ccc(Br)cc2)o1)c1ccccc1. The van der Waals surface area contributed by atoms with E-state index >= 15 is 0 Å². The molecule has 0 spiro atoms. The van der Waals surface area contributed by atoms with Gasteiger partial charge >= 0.3 is 0 Å². The first-order chi connectivity index (χ1) is 10.7. The van der Waals surface area contributed by atoms with Gasteiger partial charge in [0.05, 0.1) is 6.54 Å². The number of furan rings is 1. The summed E-state index contributed by atoms with van der Waals surface area (Å²) in [4.78, 5) is 0. The van der Waals surface area contributed by atoms with Gasteiger partial charge in [-0.05, 0) is 36.8 Å². The minimum Gasteiger partial charge on any atom is -0.460 e. The fourth-order valence-corrected chi connectivity index (χ4v) is 2.62. The summed E-state index contributed by atoms with van der Waals surface area (Å²) in [5.41, 5.74) is 2.37. The van der Waals surface area contributed by atoms with Gasteiger partial charge in [-0.15, -0.1) is 0 Å². The lowest BCUT2D eigenvalue weighted by molar-refractivity contribution is 0.468. The molecule has 1 N–H and O–H groups in total. The Kier molecular flexibility index (Phi) is 4.76. The maximum absolute atomic E-state index is 5.92. The van der Waals surface area contributed by atoms with Gasteiger partial charge in [-0.2, -0.15) is 0 Å². The quantitative estimate of drug-likeness (QED) is 0.647. The Hall–Kier alpha value is -1.84. The van der Waals surface area contributed by atoms with Crippen molar-refractivity contribution in [3.8, 4) is 11.3 Å². The van der Waals surface area contributed by atoms with Gasteiger partial charge in [0.15, 0.2) is 0 Å². The van der Waals surface area contributed by atoms with E-state index in [0.717, 1.165) is 21.6 Å². The Balaban J connectivity index is 1.63. The van der Waals surface area contributed by atoms with E-state index in [2.05, 4.69) is 52.4 Å². The van der Waals surface area contributed by atoms with E-state index in [9.17, 15) is 0 Å². The van der Waals surface area contributed by atoms with Crippen LogP contribution in [0.15, 0.2) is 75.6 Å². The molecule has 0 fully saturated rings. The van der Waals surface area contributed by atoms with Crippen LogP contribution in [-0.4, -0.2) is 0 Å². The van der Waals surface area contributed by atoms with Crippen LogP contribution in [0.5, 0.6) is 0 Å². The van der Waals surface area contributed by atoms with Gasteiger partial charge in [0.1, 0.15) is 11.5 Å². The van der Waals surface area contributed by atoms with Crippen LogP contribution in [0.2, 0.25) is 0 Å². The second kappa shape index (κ2) is 6.95. The molecule has 0 aliphatic carbocycles. The number of nitrogens with one attached hydrogen (secondary N) is 1. The summed E-state index contributed by atoms with van der Waals surface area (Å²) in [7, 11) is 0. The van der Waals surface area contributed by atoms with Gasteiger partial charge in [0, 0.05) is 16.1 Å². The monoisotopic (exact) mass is 355 g/mol. The van der Waals surface area contributed by atoms with Crippen molar-refractivity contribution in [2.24, 2.45) is 0 Å².